The van der Waals surface area contributed by atoms with E-state index in [0.717, 1.165) is 12.8 Å². The van der Waals surface area contributed by atoms with E-state index >= 15 is 0 Å². The normalized spacial score (nSPS) is 19.2. The van der Waals surface area contributed by atoms with Crippen LogP contribution in [0.1, 0.15) is 39.0 Å². The van der Waals surface area contributed by atoms with Crippen LogP contribution in [0.4, 0.5) is 0 Å². The number of nitrogens with two attached hydrogens (primary N) is 1. The lowest BCUT2D eigenvalue weighted by Gasteiger charge is -2.17. The zero-order chi connectivity index (χ0) is 10.6. The average molecular weight is 199 g/mol. The van der Waals surface area contributed by atoms with Crippen molar-refractivity contribution >= 4 is 11.9 Å². The molecule has 0 aromatic carbocycles. The van der Waals surface area contributed by atoms with Crippen LogP contribution in [0.15, 0.2) is 0 Å². The second kappa shape index (κ2) is 4.98. The lowest BCUT2D eigenvalue weighted by Crippen LogP contribution is -2.34. The largest absolute Gasteiger partial charge is 0.452 e. The van der Waals surface area contributed by atoms with E-state index in [2.05, 4.69) is 0 Å². The number of amides is 1. The minimum atomic E-state index is -0.726. The first kappa shape index (κ1) is 11.0. The molecule has 0 saturated heterocycles. The molecule has 0 radical (unpaired) electrons. The topological polar surface area (TPSA) is 69.4 Å². The van der Waals surface area contributed by atoms with Gasteiger partial charge in [-0.05, 0) is 12.3 Å². The van der Waals surface area contributed by atoms with E-state index in [1.807, 2.05) is 0 Å². The smallest absolute Gasteiger partial charge is 0.303 e. The Morgan fingerprint density at radius 1 is 1.43 bits per heavy atom. The van der Waals surface area contributed by atoms with Gasteiger partial charge in [0.25, 0.3) is 5.91 Å². The van der Waals surface area contributed by atoms with Gasteiger partial charge in [-0.3, -0.25) is 9.59 Å². The first-order valence-electron chi connectivity index (χ1n) is 5.06. The van der Waals surface area contributed by atoms with Gasteiger partial charge in [0.15, 0.2) is 6.10 Å². The van der Waals surface area contributed by atoms with Gasteiger partial charge in [-0.2, -0.15) is 0 Å². The Kier molecular flexibility index (Phi) is 3.92. The van der Waals surface area contributed by atoms with E-state index in [0.29, 0.717) is 12.3 Å². The number of hydrogen-bond acceptors (Lipinski definition) is 3. The van der Waals surface area contributed by atoms with Crippen molar-refractivity contribution < 1.29 is 14.3 Å². The summed E-state index contributed by atoms with van der Waals surface area (Å²) in [7, 11) is 0. The second-order valence-electron chi connectivity index (χ2n) is 3.89. The Balaban J connectivity index is 2.41. The summed E-state index contributed by atoms with van der Waals surface area (Å²) in [6, 6.07) is 0. The fourth-order valence-corrected chi connectivity index (χ4v) is 1.97. The molecule has 1 atom stereocenters. The van der Waals surface area contributed by atoms with E-state index in [4.69, 9.17) is 10.5 Å². The number of rotatable bonds is 4. The Bertz CT molecular complexity index is 221. The monoisotopic (exact) mass is 199 g/mol. The highest BCUT2D eigenvalue weighted by molar-refractivity contribution is 5.81. The molecule has 1 rings (SSSR count). The Morgan fingerprint density at radius 2 is 2.00 bits per heavy atom. The maximum atomic E-state index is 11.0. The summed E-state index contributed by atoms with van der Waals surface area (Å²) in [5, 5.41) is 0. The standard InChI is InChI=1S/C10H17NO3/c1-7(12)14-9(10(11)13)6-8-4-2-3-5-8/h8-9H,2-6H2,1H3,(H2,11,13)/t9-/m0/s1. The molecule has 1 amide bonds. The van der Waals surface area contributed by atoms with Crippen molar-refractivity contribution in [3.8, 4) is 0 Å². The van der Waals surface area contributed by atoms with Gasteiger partial charge in [-0.25, -0.2) is 0 Å². The Labute approximate surface area is 83.8 Å². The number of hydrogen-bond donors (Lipinski definition) is 1. The van der Waals surface area contributed by atoms with Crippen LogP contribution in [-0.4, -0.2) is 18.0 Å². The molecule has 0 aromatic rings. The van der Waals surface area contributed by atoms with E-state index in [1.54, 1.807) is 0 Å². The summed E-state index contributed by atoms with van der Waals surface area (Å²) in [6.07, 6.45) is 4.51. The SMILES string of the molecule is CC(=O)O[C@@H](CC1CCCC1)C(N)=O. The van der Waals surface area contributed by atoms with Gasteiger partial charge in [0.1, 0.15) is 0 Å². The second-order valence-corrected chi connectivity index (χ2v) is 3.89. The summed E-state index contributed by atoms with van der Waals surface area (Å²) >= 11 is 0. The molecule has 14 heavy (non-hydrogen) atoms. The molecule has 0 aliphatic heterocycles. The first-order valence-corrected chi connectivity index (χ1v) is 5.06. The van der Waals surface area contributed by atoms with Gasteiger partial charge in [0.2, 0.25) is 0 Å². The molecule has 4 nitrogen and oxygen atoms in total. The number of esters is 1. The predicted octanol–water partition coefficient (Wildman–Crippen LogP) is 0.984. The summed E-state index contributed by atoms with van der Waals surface area (Å²) in [5.41, 5.74) is 5.15. The van der Waals surface area contributed by atoms with Crippen LogP contribution in [0.5, 0.6) is 0 Å². The minimum absolute atomic E-state index is 0.438. The molecule has 1 aliphatic rings. The van der Waals surface area contributed by atoms with Crippen LogP contribution in [-0.2, 0) is 14.3 Å². The van der Waals surface area contributed by atoms with Crippen molar-refractivity contribution in [2.24, 2.45) is 11.7 Å². The molecule has 80 valence electrons. The molecule has 0 unspecified atom stereocenters. The molecule has 0 aromatic heterocycles. The molecule has 1 fully saturated rings. The van der Waals surface area contributed by atoms with E-state index in [9.17, 15) is 9.59 Å². The number of primary amides is 1. The van der Waals surface area contributed by atoms with Crippen LogP contribution in [0.25, 0.3) is 0 Å². The van der Waals surface area contributed by atoms with Gasteiger partial charge in [0, 0.05) is 6.92 Å². The average Bonchev–Trinajstić information content (AvgIpc) is 2.54. The maximum absolute atomic E-state index is 11.0. The molecule has 4 heteroatoms. The summed E-state index contributed by atoms with van der Waals surface area (Å²) in [4.78, 5) is 21.7. The van der Waals surface area contributed by atoms with Crippen molar-refractivity contribution in [3.63, 3.8) is 0 Å². The Hall–Kier alpha value is -1.06. The zero-order valence-electron chi connectivity index (χ0n) is 8.49. The minimum Gasteiger partial charge on any atom is -0.452 e. The number of carbonyl (C=O) groups excluding carboxylic acids is 2. The van der Waals surface area contributed by atoms with Crippen molar-refractivity contribution in [1.82, 2.24) is 0 Å². The maximum Gasteiger partial charge on any atom is 0.303 e. The molecule has 1 aliphatic carbocycles. The fourth-order valence-electron chi connectivity index (χ4n) is 1.97. The number of ether oxygens (including phenoxy) is 1. The van der Waals surface area contributed by atoms with Crippen molar-refractivity contribution in [1.29, 1.82) is 0 Å². The molecule has 1 saturated carbocycles. The quantitative estimate of drug-likeness (QED) is 0.686. The third kappa shape index (κ3) is 3.36. The first-order chi connectivity index (χ1) is 6.59. The highest BCUT2D eigenvalue weighted by atomic mass is 16.5. The van der Waals surface area contributed by atoms with Gasteiger partial charge in [-0.15, -0.1) is 0 Å². The lowest BCUT2D eigenvalue weighted by molar-refractivity contribution is -0.153. The van der Waals surface area contributed by atoms with Crippen molar-refractivity contribution in [2.75, 3.05) is 0 Å². The molecule has 0 spiro atoms. The van der Waals surface area contributed by atoms with Crippen LogP contribution in [0, 0.1) is 5.92 Å². The molecule has 0 heterocycles. The molecular formula is C10H17NO3. The van der Waals surface area contributed by atoms with Crippen molar-refractivity contribution in [3.05, 3.63) is 0 Å². The zero-order valence-corrected chi connectivity index (χ0v) is 8.49. The lowest BCUT2D eigenvalue weighted by atomic mass is 10.00. The number of carbonyl (C=O) groups is 2. The van der Waals surface area contributed by atoms with Crippen LogP contribution in [0.3, 0.4) is 0 Å². The van der Waals surface area contributed by atoms with Crippen molar-refractivity contribution in [2.45, 2.75) is 45.1 Å². The third-order valence-corrected chi connectivity index (χ3v) is 2.65. The van der Waals surface area contributed by atoms with Gasteiger partial charge in [0.05, 0.1) is 0 Å². The summed E-state index contributed by atoms with van der Waals surface area (Å²) < 4.78 is 4.86. The highest BCUT2D eigenvalue weighted by Crippen LogP contribution is 2.29. The van der Waals surface area contributed by atoms with Gasteiger partial charge < -0.3 is 10.5 Å². The van der Waals surface area contributed by atoms with Crippen LogP contribution < -0.4 is 5.73 Å². The fraction of sp³-hybridized carbons (Fsp3) is 0.800. The molecule has 2 N–H and O–H groups in total. The Morgan fingerprint density at radius 3 is 2.43 bits per heavy atom. The predicted molar refractivity (Wildman–Crippen MR) is 51.3 cm³/mol. The van der Waals surface area contributed by atoms with Gasteiger partial charge in [-0.1, -0.05) is 25.7 Å². The van der Waals surface area contributed by atoms with E-state index < -0.39 is 18.0 Å². The molecular weight excluding hydrogens is 182 g/mol. The van der Waals surface area contributed by atoms with Gasteiger partial charge >= 0.3 is 5.97 Å². The highest BCUT2D eigenvalue weighted by Gasteiger charge is 2.25. The summed E-state index contributed by atoms with van der Waals surface area (Å²) in [6.45, 7) is 1.30. The molecule has 0 bridgehead atoms. The third-order valence-electron chi connectivity index (χ3n) is 2.65. The van der Waals surface area contributed by atoms with Crippen LogP contribution >= 0.6 is 0 Å². The summed E-state index contributed by atoms with van der Waals surface area (Å²) in [5.74, 6) is -0.481. The van der Waals surface area contributed by atoms with Crippen LogP contribution in [0.2, 0.25) is 0 Å². The van der Waals surface area contributed by atoms with E-state index in [-0.39, 0.29) is 0 Å². The van der Waals surface area contributed by atoms with E-state index in [1.165, 1.54) is 19.8 Å².